The minimum absolute atomic E-state index is 0.0640. The molecule has 8 heteroatoms. The third-order valence-corrected chi connectivity index (χ3v) is 6.77. The Morgan fingerprint density at radius 1 is 1.21 bits per heavy atom. The average Bonchev–Trinajstić information content (AvgIpc) is 3.35. The Morgan fingerprint density at radius 2 is 1.97 bits per heavy atom. The summed E-state index contributed by atoms with van der Waals surface area (Å²) in [5.74, 6) is -1.47. The first kappa shape index (κ1) is 23.8. The van der Waals surface area contributed by atoms with E-state index in [0.717, 1.165) is 5.56 Å². The number of Topliss-reactive ketones (excluding diaryl/α,β-unsaturated/α-hetero) is 1. The Labute approximate surface area is 202 Å². The van der Waals surface area contributed by atoms with E-state index >= 15 is 0 Å². The first-order valence-corrected chi connectivity index (χ1v) is 12.0. The highest BCUT2D eigenvalue weighted by Crippen LogP contribution is 2.40. The van der Waals surface area contributed by atoms with Crippen molar-refractivity contribution in [1.29, 1.82) is 0 Å². The standard InChI is InChI=1S/C26H27N3O4S/c1-16(2)33-14-8-13-29-21(19-11-7-12-27-15-19)20(23(31)26(29)32)22(30)24-17(3)28-25(34-24)18-9-5-4-6-10-18/h4-7,9-12,15-16,21,31H,8,13-14H2,1-3H3. The van der Waals surface area contributed by atoms with Crippen LogP contribution in [-0.4, -0.2) is 50.9 Å². The predicted octanol–water partition coefficient (Wildman–Crippen LogP) is 4.91. The lowest BCUT2D eigenvalue weighted by Crippen LogP contribution is -2.32. The Balaban J connectivity index is 1.68. The number of ketones is 1. The molecule has 1 amide bonds. The molecule has 0 aliphatic carbocycles. The molecule has 1 aliphatic rings. The summed E-state index contributed by atoms with van der Waals surface area (Å²) in [6.45, 7) is 6.47. The minimum atomic E-state index is -0.727. The Bertz CT molecular complexity index is 1210. The van der Waals surface area contributed by atoms with E-state index < -0.39 is 23.5 Å². The average molecular weight is 478 g/mol. The summed E-state index contributed by atoms with van der Waals surface area (Å²) in [5, 5.41) is 11.6. The van der Waals surface area contributed by atoms with Gasteiger partial charge in [-0.1, -0.05) is 36.4 Å². The molecule has 34 heavy (non-hydrogen) atoms. The van der Waals surface area contributed by atoms with Crippen molar-refractivity contribution in [2.75, 3.05) is 13.2 Å². The topological polar surface area (TPSA) is 92.6 Å². The predicted molar refractivity (Wildman–Crippen MR) is 131 cm³/mol. The van der Waals surface area contributed by atoms with Gasteiger partial charge in [-0.15, -0.1) is 11.3 Å². The number of aromatic nitrogens is 2. The number of hydrogen-bond donors (Lipinski definition) is 1. The molecule has 1 atom stereocenters. The third-order valence-electron chi connectivity index (χ3n) is 5.57. The van der Waals surface area contributed by atoms with E-state index in [1.54, 1.807) is 25.4 Å². The van der Waals surface area contributed by atoms with Crippen molar-refractivity contribution in [2.24, 2.45) is 0 Å². The second kappa shape index (κ2) is 10.3. The van der Waals surface area contributed by atoms with Crippen LogP contribution in [0.4, 0.5) is 0 Å². The lowest BCUT2D eigenvalue weighted by Gasteiger charge is -2.26. The molecule has 1 unspecified atom stereocenters. The van der Waals surface area contributed by atoms with Crippen LogP contribution in [0.15, 0.2) is 66.2 Å². The van der Waals surface area contributed by atoms with Crippen LogP contribution in [0.2, 0.25) is 0 Å². The van der Waals surface area contributed by atoms with Crippen molar-refractivity contribution in [2.45, 2.75) is 39.3 Å². The summed E-state index contributed by atoms with van der Waals surface area (Å²) >= 11 is 1.26. The van der Waals surface area contributed by atoms with Gasteiger partial charge < -0.3 is 14.7 Å². The number of carbonyl (C=O) groups is 2. The molecule has 0 saturated carbocycles. The Morgan fingerprint density at radius 3 is 2.65 bits per heavy atom. The molecule has 0 fully saturated rings. The van der Waals surface area contributed by atoms with E-state index in [4.69, 9.17) is 4.74 Å². The van der Waals surface area contributed by atoms with Gasteiger partial charge in [-0.3, -0.25) is 14.6 Å². The number of ether oxygens (including phenoxy) is 1. The summed E-state index contributed by atoms with van der Waals surface area (Å²) in [6.07, 6.45) is 3.91. The lowest BCUT2D eigenvalue weighted by molar-refractivity contribution is -0.129. The van der Waals surface area contributed by atoms with Gasteiger partial charge in [-0.05, 0) is 38.8 Å². The summed E-state index contributed by atoms with van der Waals surface area (Å²) in [7, 11) is 0. The van der Waals surface area contributed by atoms with E-state index in [-0.39, 0.29) is 11.7 Å². The van der Waals surface area contributed by atoms with Crippen LogP contribution < -0.4 is 0 Å². The van der Waals surface area contributed by atoms with E-state index in [1.807, 2.05) is 50.2 Å². The van der Waals surface area contributed by atoms with Crippen LogP contribution in [0, 0.1) is 6.92 Å². The number of benzene rings is 1. The van der Waals surface area contributed by atoms with Crippen molar-refractivity contribution in [3.8, 4) is 10.6 Å². The smallest absolute Gasteiger partial charge is 0.290 e. The number of hydrogen-bond acceptors (Lipinski definition) is 7. The number of aliphatic hydroxyl groups is 1. The molecule has 1 aliphatic heterocycles. The van der Waals surface area contributed by atoms with Crippen molar-refractivity contribution < 1.29 is 19.4 Å². The van der Waals surface area contributed by atoms with E-state index in [0.29, 0.717) is 40.7 Å². The number of pyridine rings is 1. The first-order valence-electron chi connectivity index (χ1n) is 11.2. The Kier molecular flexibility index (Phi) is 7.19. The fraction of sp³-hybridized carbons (Fsp3) is 0.308. The minimum Gasteiger partial charge on any atom is -0.503 e. The molecule has 3 aromatic rings. The van der Waals surface area contributed by atoms with Gasteiger partial charge in [0.1, 0.15) is 5.01 Å². The van der Waals surface area contributed by atoms with Crippen molar-refractivity contribution >= 4 is 23.0 Å². The zero-order valence-corrected chi connectivity index (χ0v) is 20.2. The fourth-order valence-electron chi connectivity index (χ4n) is 3.99. The van der Waals surface area contributed by atoms with Gasteiger partial charge in [0.25, 0.3) is 5.91 Å². The number of aryl methyl sites for hydroxylation is 1. The number of thiazole rings is 1. The van der Waals surface area contributed by atoms with Crippen molar-refractivity contribution in [1.82, 2.24) is 14.9 Å². The zero-order valence-electron chi connectivity index (χ0n) is 19.4. The summed E-state index contributed by atoms with van der Waals surface area (Å²) in [5.41, 5.74) is 2.20. The fourth-order valence-corrected chi connectivity index (χ4v) is 5.01. The molecule has 4 rings (SSSR count). The summed E-state index contributed by atoms with van der Waals surface area (Å²) < 4.78 is 5.61. The van der Waals surface area contributed by atoms with Gasteiger partial charge in [-0.25, -0.2) is 4.98 Å². The van der Waals surface area contributed by atoms with Crippen molar-refractivity contribution in [3.05, 3.63) is 82.3 Å². The molecule has 0 bridgehead atoms. The van der Waals surface area contributed by atoms with Crippen LogP contribution in [-0.2, 0) is 9.53 Å². The maximum atomic E-state index is 13.7. The molecule has 0 spiro atoms. The number of rotatable bonds is 9. The van der Waals surface area contributed by atoms with E-state index in [9.17, 15) is 14.7 Å². The van der Waals surface area contributed by atoms with Crippen LogP contribution >= 0.6 is 11.3 Å². The lowest BCUT2D eigenvalue weighted by atomic mass is 9.96. The quantitative estimate of drug-likeness (QED) is 0.348. The van der Waals surface area contributed by atoms with E-state index in [2.05, 4.69) is 9.97 Å². The number of aliphatic hydroxyl groups excluding tert-OH is 1. The van der Waals surface area contributed by atoms with Crippen LogP contribution in [0.3, 0.4) is 0 Å². The SMILES string of the molecule is Cc1nc(-c2ccccc2)sc1C(=O)C1=C(O)C(=O)N(CCCOC(C)C)C1c1cccnc1. The van der Waals surface area contributed by atoms with Gasteiger partial charge in [0.2, 0.25) is 5.78 Å². The van der Waals surface area contributed by atoms with Gasteiger partial charge in [-0.2, -0.15) is 0 Å². The molecule has 3 heterocycles. The number of amides is 1. The summed E-state index contributed by atoms with van der Waals surface area (Å²) in [4.78, 5) is 37.5. The van der Waals surface area contributed by atoms with Crippen molar-refractivity contribution in [3.63, 3.8) is 0 Å². The van der Waals surface area contributed by atoms with Gasteiger partial charge >= 0.3 is 0 Å². The molecular weight excluding hydrogens is 450 g/mol. The Hall–Kier alpha value is -3.36. The highest BCUT2D eigenvalue weighted by Gasteiger charge is 2.44. The number of carbonyl (C=O) groups excluding carboxylic acids is 2. The maximum absolute atomic E-state index is 13.7. The maximum Gasteiger partial charge on any atom is 0.290 e. The molecule has 0 radical (unpaired) electrons. The molecule has 7 nitrogen and oxygen atoms in total. The molecule has 176 valence electrons. The first-order chi connectivity index (χ1) is 16.4. The molecule has 0 saturated heterocycles. The second-order valence-electron chi connectivity index (χ2n) is 8.35. The number of nitrogens with zero attached hydrogens (tertiary/aromatic N) is 3. The third kappa shape index (κ3) is 4.78. The van der Waals surface area contributed by atoms with Crippen LogP contribution in [0.25, 0.3) is 10.6 Å². The molecule has 2 aromatic heterocycles. The van der Waals surface area contributed by atoms with Crippen LogP contribution in [0.5, 0.6) is 0 Å². The van der Waals surface area contributed by atoms with Crippen LogP contribution in [0.1, 0.15) is 47.2 Å². The monoisotopic (exact) mass is 477 g/mol. The van der Waals surface area contributed by atoms with E-state index in [1.165, 1.54) is 16.2 Å². The van der Waals surface area contributed by atoms with Gasteiger partial charge in [0.15, 0.2) is 5.76 Å². The highest BCUT2D eigenvalue weighted by molar-refractivity contribution is 7.17. The molecular formula is C26H27N3O4S. The van der Waals surface area contributed by atoms with Gasteiger partial charge in [0, 0.05) is 31.1 Å². The highest BCUT2D eigenvalue weighted by atomic mass is 32.1. The van der Waals surface area contributed by atoms with Gasteiger partial charge in [0.05, 0.1) is 28.3 Å². The summed E-state index contributed by atoms with van der Waals surface area (Å²) in [6, 6.07) is 12.4. The largest absolute Gasteiger partial charge is 0.503 e. The molecule has 1 aromatic carbocycles. The zero-order chi connectivity index (χ0) is 24.2. The normalized spacial score (nSPS) is 16.1. The molecule has 1 N–H and O–H groups in total. The second-order valence-corrected chi connectivity index (χ2v) is 9.35.